The fourth-order valence-corrected chi connectivity index (χ4v) is 4.34. The molecule has 0 radical (unpaired) electrons. The molecule has 1 aromatic heterocycles. The Bertz CT molecular complexity index is 1130. The second kappa shape index (κ2) is 11.8. The summed E-state index contributed by atoms with van der Waals surface area (Å²) in [5, 5.41) is 5.54. The molecule has 0 unspecified atom stereocenters. The van der Waals surface area contributed by atoms with Crippen LogP contribution < -0.4 is 10.6 Å². The summed E-state index contributed by atoms with van der Waals surface area (Å²) in [5.41, 5.74) is 0.428. The Kier molecular flexibility index (Phi) is 9.04. The molecule has 1 aliphatic rings. The number of imidazole rings is 1. The van der Waals surface area contributed by atoms with Gasteiger partial charge in [0.15, 0.2) is 0 Å². The van der Waals surface area contributed by atoms with Gasteiger partial charge in [0.1, 0.15) is 23.5 Å². The minimum atomic E-state index is -1.04. The molecule has 1 aromatic carbocycles. The van der Waals surface area contributed by atoms with Gasteiger partial charge in [-0.2, -0.15) is 0 Å². The van der Waals surface area contributed by atoms with Gasteiger partial charge in [-0.3, -0.25) is 14.4 Å². The van der Waals surface area contributed by atoms with Crippen molar-refractivity contribution in [1.82, 2.24) is 25.5 Å². The van der Waals surface area contributed by atoms with Crippen LogP contribution in [-0.4, -0.2) is 51.2 Å². The van der Waals surface area contributed by atoms with Crippen molar-refractivity contribution in [3.05, 3.63) is 41.9 Å². The van der Waals surface area contributed by atoms with E-state index in [1.807, 2.05) is 27.7 Å². The molecule has 37 heavy (non-hydrogen) atoms. The predicted molar refractivity (Wildman–Crippen MR) is 136 cm³/mol. The van der Waals surface area contributed by atoms with E-state index in [0.717, 1.165) is 25.0 Å². The maximum atomic E-state index is 14.2. The minimum Gasteiger partial charge on any atom is -0.345 e. The second-order valence-electron chi connectivity index (χ2n) is 11.0. The summed E-state index contributed by atoms with van der Waals surface area (Å²) >= 11 is 0. The van der Waals surface area contributed by atoms with Crippen LogP contribution in [0.1, 0.15) is 78.6 Å². The van der Waals surface area contributed by atoms with E-state index in [-0.39, 0.29) is 41.7 Å². The number of H-pyrrole nitrogens is 1. The molecule has 3 atom stereocenters. The molecule has 0 spiro atoms. The lowest BCUT2D eigenvalue weighted by Gasteiger charge is -2.26. The van der Waals surface area contributed by atoms with Gasteiger partial charge in [0.2, 0.25) is 17.7 Å². The van der Waals surface area contributed by atoms with Crippen molar-refractivity contribution < 1.29 is 23.2 Å². The van der Waals surface area contributed by atoms with E-state index in [1.165, 1.54) is 12.3 Å². The molecular formula is C27H37F2N5O3. The Labute approximate surface area is 216 Å². The summed E-state index contributed by atoms with van der Waals surface area (Å²) < 4.78 is 27.4. The second-order valence-corrected chi connectivity index (χ2v) is 11.0. The highest BCUT2D eigenvalue weighted by Crippen LogP contribution is 2.24. The Morgan fingerprint density at radius 3 is 2.57 bits per heavy atom. The minimum absolute atomic E-state index is 0.0502. The molecule has 2 heterocycles. The number of nitrogens with one attached hydrogen (secondary N) is 3. The standard InChI is InChI=1S/C27H37F2N5O3/c1-16-7-6-12-34(16)24(36)14-21(32-23(35)10-11-27(3,4)5)26(37)31-17(2)25-30-15-22(33-25)19-9-8-18(28)13-20(19)29/h8-9,13,15-17,21H,6-7,10-12,14H2,1-5H3,(H,30,33)(H,31,37)(H,32,35)/t16-,17-,21-/m0/s1. The molecule has 0 saturated carbocycles. The smallest absolute Gasteiger partial charge is 0.243 e. The Morgan fingerprint density at radius 2 is 1.95 bits per heavy atom. The summed E-state index contributed by atoms with van der Waals surface area (Å²) in [6.45, 7) is 10.4. The number of aromatic amines is 1. The zero-order valence-corrected chi connectivity index (χ0v) is 22.2. The van der Waals surface area contributed by atoms with E-state index in [1.54, 1.807) is 11.8 Å². The Balaban J connectivity index is 1.70. The number of hydrogen-bond donors (Lipinski definition) is 3. The quantitative estimate of drug-likeness (QED) is 0.462. The van der Waals surface area contributed by atoms with Crippen LogP contribution in [0.25, 0.3) is 11.3 Å². The molecule has 2 aromatic rings. The number of nitrogens with zero attached hydrogens (tertiary/aromatic N) is 2. The summed E-state index contributed by atoms with van der Waals surface area (Å²) in [4.78, 5) is 47.8. The number of likely N-dealkylation sites (tertiary alicyclic amines) is 1. The molecule has 3 rings (SSSR count). The lowest BCUT2D eigenvalue weighted by molar-refractivity contribution is -0.137. The molecule has 0 bridgehead atoms. The van der Waals surface area contributed by atoms with E-state index < -0.39 is 29.6 Å². The number of aromatic nitrogens is 2. The third kappa shape index (κ3) is 7.84. The van der Waals surface area contributed by atoms with Crippen molar-refractivity contribution in [3.8, 4) is 11.3 Å². The van der Waals surface area contributed by atoms with E-state index >= 15 is 0 Å². The Morgan fingerprint density at radius 1 is 1.22 bits per heavy atom. The van der Waals surface area contributed by atoms with Crippen LogP contribution in [0.5, 0.6) is 0 Å². The van der Waals surface area contributed by atoms with E-state index in [0.29, 0.717) is 24.5 Å². The van der Waals surface area contributed by atoms with Gasteiger partial charge in [-0.25, -0.2) is 13.8 Å². The molecule has 3 amide bonds. The highest BCUT2D eigenvalue weighted by molar-refractivity contribution is 5.92. The van der Waals surface area contributed by atoms with E-state index in [4.69, 9.17) is 0 Å². The van der Waals surface area contributed by atoms with Crippen LogP contribution in [-0.2, 0) is 14.4 Å². The first-order valence-electron chi connectivity index (χ1n) is 12.7. The highest BCUT2D eigenvalue weighted by atomic mass is 19.1. The molecular weight excluding hydrogens is 480 g/mol. The first-order valence-corrected chi connectivity index (χ1v) is 12.7. The zero-order valence-electron chi connectivity index (χ0n) is 22.2. The summed E-state index contributed by atoms with van der Waals surface area (Å²) in [6, 6.07) is 1.67. The van der Waals surface area contributed by atoms with Crippen LogP contribution in [0, 0.1) is 17.0 Å². The Hall–Kier alpha value is -3.30. The van der Waals surface area contributed by atoms with Gasteiger partial charge in [0.05, 0.1) is 24.4 Å². The van der Waals surface area contributed by atoms with Crippen molar-refractivity contribution >= 4 is 17.7 Å². The van der Waals surface area contributed by atoms with Crippen LogP contribution in [0.15, 0.2) is 24.4 Å². The van der Waals surface area contributed by atoms with Gasteiger partial charge < -0.3 is 20.5 Å². The van der Waals surface area contributed by atoms with E-state index in [9.17, 15) is 23.2 Å². The van der Waals surface area contributed by atoms with Gasteiger partial charge in [0, 0.05) is 30.6 Å². The van der Waals surface area contributed by atoms with Crippen molar-refractivity contribution in [2.45, 2.75) is 84.8 Å². The number of hydrogen-bond acceptors (Lipinski definition) is 4. The zero-order chi connectivity index (χ0) is 27.3. The first-order chi connectivity index (χ1) is 17.3. The maximum Gasteiger partial charge on any atom is 0.243 e. The molecule has 1 aliphatic heterocycles. The third-order valence-electron chi connectivity index (χ3n) is 6.59. The topological polar surface area (TPSA) is 107 Å². The predicted octanol–water partition coefficient (Wildman–Crippen LogP) is 4.24. The molecule has 1 fully saturated rings. The van der Waals surface area contributed by atoms with Crippen LogP contribution in [0.3, 0.4) is 0 Å². The van der Waals surface area contributed by atoms with Gasteiger partial charge in [-0.1, -0.05) is 20.8 Å². The number of carbonyl (C=O) groups is 3. The van der Waals surface area contributed by atoms with Gasteiger partial charge in [0.25, 0.3) is 0 Å². The fourth-order valence-electron chi connectivity index (χ4n) is 4.34. The van der Waals surface area contributed by atoms with Crippen LogP contribution >= 0.6 is 0 Å². The van der Waals surface area contributed by atoms with E-state index in [2.05, 4.69) is 20.6 Å². The molecule has 10 heteroatoms. The molecule has 0 aliphatic carbocycles. The molecule has 8 nitrogen and oxygen atoms in total. The summed E-state index contributed by atoms with van der Waals surface area (Å²) in [7, 11) is 0. The van der Waals surface area contributed by atoms with Crippen LogP contribution in [0.2, 0.25) is 0 Å². The average Bonchev–Trinajstić information content (AvgIpc) is 3.46. The number of amides is 3. The average molecular weight is 518 g/mol. The lowest BCUT2D eigenvalue weighted by atomic mass is 9.90. The number of carbonyl (C=O) groups excluding carboxylic acids is 3. The molecule has 1 saturated heterocycles. The van der Waals surface area contributed by atoms with Gasteiger partial charge >= 0.3 is 0 Å². The van der Waals surface area contributed by atoms with Crippen molar-refractivity contribution in [2.24, 2.45) is 5.41 Å². The van der Waals surface area contributed by atoms with Crippen molar-refractivity contribution in [2.75, 3.05) is 6.54 Å². The summed E-state index contributed by atoms with van der Waals surface area (Å²) in [6.07, 6.45) is 3.95. The van der Waals surface area contributed by atoms with Crippen molar-refractivity contribution in [1.29, 1.82) is 0 Å². The molecule has 3 N–H and O–H groups in total. The lowest BCUT2D eigenvalue weighted by Crippen LogP contribution is -2.50. The maximum absolute atomic E-state index is 14.2. The summed E-state index contributed by atoms with van der Waals surface area (Å²) in [5.74, 6) is -2.06. The normalized spacial score (nSPS) is 17.4. The van der Waals surface area contributed by atoms with Gasteiger partial charge in [-0.05, 0) is 50.7 Å². The largest absolute Gasteiger partial charge is 0.345 e. The number of halogens is 2. The number of rotatable bonds is 9. The highest BCUT2D eigenvalue weighted by Gasteiger charge is 2.31. The monoisotopic (exact) mass is 517 g/mol. The fraction of sp³-hybridized carbons (Fsp3) is 0.556. The number of benzene rings is 1. The van der Waals surface area contributed by atoms with Gasteiger partial charge in [-0.15, -0.1) is 0 Å². The SMILES string of the molecule is C[C@H](NC(=O)[C@H](CC(=O)N1CCC[C@@H]1C)NC(=O)CCC(C)(C)C)c1ncc(-c2ccc(F)cc2F)[nH]1. The third-order valence-corrected chi connectivity index (χ3v) is 6.59. The molecule has 202 valence electrons. The van der Waals surface area contributed by atoms with Crippen molar-refractivity contribution in [3.63, 3.8) is 0 Å². The van der Waals surface area contributed by atoms with Crippen LogP contribution in [0.4, 0.5) is 8.78 Å². The first kappa shape index (κ1) is 28.3.